The molecular formula is C9H10N2O. The number of pyridine rings is 1. The Morgan fingerprint density at radius 1 is 1.42 bits per heavy atom. The molecule has 0 aliphatic carbocycles. The fourth-order valence-electron chi connectivity index (χ4n) is 1.26. The first-order valence-electron chi connectivity index (χ1n) is 3.79. The number of methoxy groups -OCH3 is 1. The number of rotatable bonds is 1. The normalized spacial score (nSPS) is 10.5. The van der Waals surface area contributed by atoms with E-state index in [0.717, 1.165) is 16.6 Å². The SMILES string of the molecule is COc1cc2[nH]c(C)cc2cn1. The molecule has 12 heavy (non-hydrogen) atoms. The summed E-state index contributed by atoms with van der Waals surface area (Å²) in [6, 6.07) is 3.95. The minimum atomic E-state index is 0.643. The topological polar surface area (TPSA) is 37.9 Å². The van der Waals surface area contributed by atoms with Crippen LogP contribution in [0.1, 0.15) is 5.69 Å². The Hall–Kier alpha value is -1.51. The van der Waals surface area contributed by atoms with E-state index in [-0.39, 0.29) is 0 Å². The van der Waals surface area contributed by atoms with Crippen molar-refractivity contribution in [2.75, 3.05) is 7.11 Å². The van der Waals surface area contributed by atoms with Crippen molar-refractivity contribution in [2.45, 2.75) is 6.92 Å². The van der Waals surface area contributed by atoms with Gasteiger partial charge in [-0.25, -0.2) is 4.98 Å². The van der Waals surface area contributed by atoms with E-state index in [2.05, 4.69) is 16.0 Å². The standard InChI is InChI=1S/C9H10N2O/c1-6-3-7-5-10-9(12-2)4-8(7)11-6/h3-5,11H,1-2H3. The molecule has 0 saturated carbocycles. The second-order valence-electron chi connectivity index (χ2n) is 2.77. The van der Waals surface area contributed by atoms with E-state index in [9.17, 15) is 0 Å². The zero-order chi connectivity index (χ0) is 8.55. The van der Waals surface area contributed by atoms with Crippen molar-refractivity contribution in [2.24, 2.45) is 0 Å². The van der Waals surface area contributed by atoms with Crippen molar-refractivity contribution in [1.29, 1.82) is 0 Å². The van der Waals surface area contributed by atoms with E-state index in [1.54, 1.807) is 13.3 Å². The van der Waals surface area contributed by atoms with E-state index in [4.69, 9.17) is 4.74 Å². The summed E-state index contributed by atoms with van der Waals surface area (Å²) in [7, 11) is 1.62. The highest BCUT2D eigenvalue weighted by Gasteiger charge is 1.99. The first kappa shape index (κ1) is 7.16. The average molecular weight is 162 g/mol. The van der Waals surface area contributed by atoms with Crippen LogP contribution in [0.15, 0.2) is 18.3 Å². The number of nitrogens with zero attached hydrogens (tertiary/aromatic N) is 1. The molecule has 1 N–H and O–H groups in total. The van der Waals surface area contributed by atoms with Crippen LogP contribution < -0.4 is 4.74 Å². The van der Waals surface area contributed by atoms with E-state index >= 15 is 0 Å². The van der Waals surface area contributed by atoms with Gasteiger partial charge in [-0.3, -0.25) is 0 Å². The van der Waals surface area contributed by atoms with E-state index < -0.39 is 0 Å². The Morgan fingerprint density at radius 2 is 2.25 bits per heavy atom. The smallest absolute Gasteiger partial charge is 0.215 e. The summed E-state index contributed by atoms with van der Waals surface area (Å²) < 4.78 is 5.00. The molecule has 2 aromatic rings. The van der Waals surface area contributed by atoms with Gasteiger partial charge in [0.05, 0.1) is 12.6 Å². The first-order chi connectivity index (χ1) is 5.79. The van der Waals surface area contributed by atoms with Crippen LogP contribution in [0.25, 0.3) is 10.9 Å². The lowest BCUT2D eigenvalue weighted by molar-refractivity contribution is 0.398. The minimum Gasteiger partial charge on any atom is -0.481 e. The Labute approximate surface area is 70.4 Å². The maximum Gasteiger partial charge on any atom is 0.215 e. The summed E-state index contributed by atoms with van der Waals surface area (Å²) in [5.74, 6) is 0.643. The summed E-state index contributed by atoms with van der Waals surface area (Å²) in [5.41, 5.74) is 2.21. The van der Waals surface area contributed by atoms with Crippen LogP contribution in [0.4, 0.5) is 0 Å². The van der Waals surface area contributed by atoms with Gasteiger partial charge in [0, 0.05) is 23.3 Å². The Balaban J connectivity index is 2.66. The zero-order valence-corrected chi connectivity index (χ0v) is 7.09. The molecular weight excluding hydrogens is 152 g/mol. The number of aromatic amines is 1. The van der Waals surface area contributed by atoms with E-state index in [1.807, 2.05) is 13.0 Å². The maximum atomic E-state index is 5.00. The molecule has 2 rings (SSSR count). The summed E-state index contributed by atoms with van der Waals surface area (Å²) in [4.78, 5) is 7.31. The van der Waals surface area contributed by atoms with Crippen molar-refractivity contribution < 1.29 is 4.74 Å². The third kappa shape index (κ3) is 1.03. The van der Waals surface area contributed by atoms with Gasteiger partial charge in [-0.15, -0.1) is 0 Å². The van der Waals surface area contributed by atoms with Gasteiger partial charge in [0.2, 0.25) is 5.88 Å². The molecule has 0 fully saturated rings. The van der Waals surface area contributed by atoms with Crippen LogP contribution in [-0.4, -0.2) is 17.1 Å². The van der Waals surface area contributed by atoms with Crippen molar-refractivity contribution in [3.8, 4) is 5.88 Å². The van der Waals surface area contributed by atoms with E-state index in [1.165, 1.54) is 0 Å². The van der Waals surface area contributed by atoms with Gasteiger partial charge in [-0.1, -0.05) is 0 Å². The first-order valence-corrected chi connectivity index (χ1v) is 3.79. The highest BCUT2D eigenvalue weighted by atomic mass is 16.5. The summed E-state index contributed by atoms with van der Waals surface area (Å²) in [5, 5.41) is 1.12. The number of fused-ring (bicyclic) bond motifs is 1. The molecule has 2 aromatic heterocycles. The average Bonchev–Trinajstić information content (AvgIpc) is 2.43. The lowest BCUT2D eigenvalue weighted by atomic mass is 10.3. The highest BCUT2D eigenvalue weighted by Crippen LogP contribution is 2.17. The van der Waals surface area contributed by atoms with Crippen LogP contribution in [-0.2, 0) is 0 Å². The van der Waals surface area contributed by atoms with Crippen LogP contribution >= 0.6 is 0 Å². The molecule has 3 heteroatoms. The molecule has 0 bridgehead atoms. The molecule has 0 atom stereocenters. The van der Waals surface area contributed by atoms with Crippen LogP contribution in [0.2, 0.25) is 0 Å². The fraction of sp³-hybridized carbons (Fsp3) is 0.222. The van der Waals surface area contributed by atoms with Crippen LogP contribution in [0, 0.1) is 6.92 Å². The molecule has 0 aliphatic heterocycles. The number of H-pyrrole nitrogens is 1. The fourth-order valence-corrected chi connectivity index (χ4v) is 1.26. The molecule has 3 nitrogen and oxygen atoms in total. The summed E-state index contributed by atoms with van der Waals surface area (Å²) >= 11 is 0. The monoisotopic (exact) mass is 162 g/mol. The third-order valence-corrected chi connectivity index (χ3v) is 1.82. The minimum absolute atomic E-state index is 0.643. The predicted molar refractivity (Wildman–Crippen MR) is 47.4 cm³/mol. The number of hydrogen-bond donors (Lipinski definition) is 1. The molecule has 2 heterocycles. The van der Waals surface area contributed by atoms with Crippen molar-refractivity contribution in [1.82, 2.24) is 9.97 Å². The molecule has 0 radical (unpaired) electrons. The van der Waals surface area contributed by atoms with Gasteiger partial charge in [0.15, 0.2) is 0 Å². The van der Waals surface area contributed by atoms with Gasteiger partial charge in [0.1, 0.15) is 0 Å². The number of aromatic nitrogens is 2. The summed E-state index contributed by atoms with van der Waals surface area (Å²) in [6.07, 6.45) is 1.80. The predicted octanol–water partition coefficient (Wildman–Crippen LogP) is 1.88. The van der Waals surface area contributed by atoms with Crippen molar-refractivity contribution >= 4 is 10.9 Å². The van der Waals surface area contributed by atoms with Gasteiger partial charge < -0.3 is 9.72 Å². The molecule has 0 amide bonds. The van der Waals surface area contributed by atoms with Gasteiger partial charge in [-0.2, -0.15) is 0 Å². The number of nitrogens with one attached hydrogen (secondary N) is 1. The second-order valence-corrected chi connectivity index (χ2v) is 2.77. The number of hydrogen-bond acceptors (Lipinski definition) is 2. The molecule has 0 spiro atoms. The molecule has 0 saturated heterocycles. The molecule has 0 aliphatic rings. The van der Waals surface area contributed by atoms with Gasteiger partial charge in [0.25, 0.3) is 0 Å². The number of aryl methyl sites for hydroxylation is 1. The Kier molecular flexibility index (Phi) is 1.50. The quantitative estimate of drug-likeness (QED) is 0.695. The van der Waals surface area contributed by atoms with Crippen molar-refractivity contribution in [3.05, 3.63) is 24.0 Å². The van der Waals surface area contributed by atoms with Crippen LogP contribution in [0.3, 0.4) is 0 Å². The highest BCUT2D eigenvalue weighted by molar-refractivity contribution is 5.80. The zero-order valence-electron chi connectivity index (χ0n) is 7.09. The molecule has 62 valence electrons. The number of ether oxygens (including phenoxy) is 1. The Morgan fingerprint density at radius 3 is 3.00 bits per heavy atom. The lowest BCUT2D eigenvalue weighted by Crippen LogP contribution is -1.85. The lowest BCUT2D eigenvalue weighted by Gasteiger charge is -1.96. The molecule has 0 aromatic carbocycles. The van der Waals surface area contributed by atoms with Gasteiger partial charge in [-0.05, 0) is 13.0 Å². The van der Waals surface area contributed by atoms with Crippen LogP contribution in [0.5, 0.6) is 5.88 Å². The Bertz CT molecular complexity index is 406. The largest absolute Gasteiger partial charge is 0.481 e. The molecule has 0 unspecified atom stereocenters. The van der Waals surface area contributed by atoms with Gasteiger partial charge >= 0.3 is 0 Å². The third-order valence-electron chi connectivity index (χ3n) is 1.82. The van der Waals surface area contributed by atoms with E-state index in [0.29, 0.717) is 5.88 Å². The van der Waals surface area contributed by atoms with Crippen molar-refractivity contribution in [3.63, 3.8) is 0 Å². The maximum absolute atomic E-state index is 5.00. The second kappa shape index (κ2) is 2.52. The summed E-state index contributed by atoms with van der Waals surface area (Å²) in [6.45, 7) is 2.02.